The summed E-state index contributed by atoms with van der Waals surface area (Å²) in [6.45, 7) is 0. The van der Waals surface area contributed by atoms with Crippen molar-refractivity contribution < 1.29 is 50.5 Å². The molecule has 254 valence electrons. The number of benzene rings is 2. The summed E-state index contributed by atoms with van der Waals surface area (Å²) in [7, 11) is 2.99. The summed E-state index contributed by atoms with van der Waals surface area (Å²) in [6, 6.07) is 11.5. The van der Waals surface area contributed by atoms with Gasteiger partial charge < -0.3 is 30.9 Å². The van der Waals surface area contributed by atoms with Gasteiger partial charge in [0.2, 0.25) is 0 Å². The fraction of sp³-hybridized carbons (Fsp3) is 0.452. The zero-order valence-corrected chi connectivity index (χ0v) is 25.3. The van der Waals surface area contributed by atoms with Crippen LogP contribution in [0.1, 0.15) is 60.1 Å². The normalized spacial score (nSPS) is 24.8. The highest BCUT2D eigenvalue weighted by molar-refractivity contribution is 5.95. The second-order valence-corrected chi connectivity index (χ2v) is 12.1. The van der Waals surface area contributed by atoms with Crippen LogP contribution in [0.4, 0.5) is 32.2 Å². The predicted octanol–water partition coefficient (Wildman–Crippen LogP) is 5.86. The number of carboxylic acids is 1. The molecular formula is C31H33F6N5O5. The van der Waals surface area contributed by atoms with Crippen LogP contribution in [-0.2, 0) is 4.79 Å². The van der Waals surface area contributed by atoms with E-state index in [1.807, 2.05) is 0 Å². The lowest BCUT2D eigenvalue weighted by atomic mass is 9.52. The molecular weight excluding hydrogens is 636 g/mol. The van der Waals surface area contributed by atoms with E-state index >= 15 is 0 Å². The Morgan fingerprint density at radius 3 is 2.13 bits per heavy atom. The maximum absolute atomic E-state index is 14.2. The average molecular weight is 670 g/mol. The number of methoxy groups -OCH3 is 2. The first-order chi connectivity index (χ1) is 22.0. The Morgan fingerprint density at radius 2 is 1.60 bits per heavy atom. The molecule has 2 fully saturated rings. The molecule has 0 saturated heterocycles. The Balaban J connectivity index is 0.000000559. The van der Waals surface area contributed by atoms with Gasteiger partial charge >= 0.3 is 18.3 Å². The minimum atomic E-state index is -5.08. The number of aliphatic carboxylic acids is 1. The Kier molecular flexibility index (Phi) is 9.10. The van der Waals surface area contributed by atoms with Crippen molar-refractivity contribution in [3.63, 3.8) is 0 Å². The number of aromatic nitrogens is 2. The van der Waals surface area contributed by atoms with Crippen molar-refractivity contribution >= 4 is 17.7 Å². The minimum absolute atomic E-state index is 0.156. The largest absolute Gasteiger partial charge is 0.493 e. The van der Waals surface area contributed by atoms with Gasteiger partial charge in [0, 0.05) is 35.7 Å². The lowest BCUT2D eigenvalue weighted by Crippen LogP contribution is -2.59. The minimum Gasteiger partial charge on any atom is -0.493 e. The van der Waals surface area contributed by atoms with Crippen LogP contribution in [-0.4, -0.2) is 65.4 Å². The number of nitrogens with two attached hydrogens (primary N) is 1. The second-order valence-electron chi connectivity index (χ2n) is 12.1. The molecule has 2 aromatic carbocycles. The zero-order valence-electron chi connectivity index (χ0n) is 25.3. The van der Waals surface area contributed by atoms with Gasteiger partial charge in [-0.15, -0.1) is 0 Å². The van der Waals surface area contributed by atoms with Gasteiger partial charge in [0.1, 0.15) is 5.82 Å². The molecule has 3 aromatic rings. The summed E-state index contributed by atoms with van der Waals surface area (Å²) in [5.74, 6) is -1.71. The number of hydrogen-bond acceptors (Lipinski definition) is 7. The lowest BCUT2D eigenvalue weighted by Gasteiger charge is -2.57. The predicted molar refractivity (Wildman–Crippen MR) is 157 cm³/mol. The second kappa shape index (κ2) is 12.6. The van der Waals surface area contributed by atoms with Crippen LogP contribution in [0.25, 0.3) is 11.3 Å². The topological polar surface area (TPSA) is 141 Å². The number of alkyl halides is 6. The Morgan fingerprint density at radius 1 is 0.979 bits per heavy atom. The highest BCUT2D eigenvalue weighted by Gasteiger charge is 2.52. The molecule has 1 amide bonds. The number of rotatable bonds is 6. The number of anilines is 1. The molecule has 10 nitrogen and oxygen atoms in total. The van der Waals surface area contributed by atoms with E-state index in [9.17, 15) is 31.1 Å². The van der Waals surface area contributed by atoms with Crippen LogP contribution >= 0.6 is 0 Å². The standard InChI is InChI=1S/C29H32F3N5O3.C2HF3O2/c1-39-23-8-7-18(9-24(23)40-2)21-10-25(29(30,31)32)37-26(35-21)11-22(36-37)16-3-5-17(6-4-16)27(38)34-20-14-28(15-20)12-19(33)13-28;3-2(4,5)1(6)7/h3-9,11,19-21,25,35H,10,12-15,33H2,1-2H3,(H,34,38);(H,6,7). The number of ether oxygens (including phenoxy) is 2. The van der Waals surface area contributed by atoms with Crippen LogP contribution in [0.15, 0.2) is 48.5 Å². The quantitative estimate of drug-likeness (QED) is 0.239. The maximum Gasteiger partial charge on any atom is 0.490 e. The number of halogens is 6. The van der Waals surface area contributed by atoms with Crippen molar-refractivity contribution in [3.05, 3.63) is 59.7 Å². The summed E-state index contributed by atoms with van der Waals surface area (Å²) in [5, 5.41) is 17.7. The molecule has 2 atom stereocenters. The Bertz CT molecular complexity index is 1610. The Hall–Kier alpha value is -4.47. The molecule has 0 radical (unpaired) electrons. The molecule has 6 rings (SSSR count). The number of carbonyl (C=O) groups excluding carboxylic acids is 1. The monoisotopic (exact) mass is 669 g/mol. The molecule has 2 unspecified atom stereocenters. The molecule has 47 heavy (non-hydrogen) atoms. The van der Waals surface area contributed by atoms with Crippen molar-refractivity contribution in [2.75, 3.05) is 19.5 Å². The third-order valence-corrected chi connectivity index (χ3v) is 8.77. The van der Waals surface area contributed by atoms with E-state index in [0.717, 1.165) is 30.4 Å². The number of carboxylic acid groups (broad SMARTS) is 1. The van der Waals surface area contributed by atoms with E-state index in [0.29, 0.717) is 39.3 Å². The zero-order chi connectivity index (χ0) is 34.3. The SMILES string of the molecule is COc1ccc(C2CC(C(F)(F)F)n3nc(-c4ccc(C(=O)NC5CC6(CC(N)C6)C5)cc4)cc3N2)cc1OC.O=C(O)C(F)(F)F. The summed E-state index contributed by atoms with van der Waals surface area (Å²) in [4.78, 5) is 21.6. The highest BCUT2D eigenvalue weighted by atomic mass is 19.4. The van der Waals surface area contributed by atoms with E-state index in [1.54, 1.807) is 48.5 Å². The number of fused-ring (bicyclic) bond motifs is 1. The van der Waals surface area contributed by atoms with E-state index in [4.69, 9.17) is 25.1 Å². The van der Waals surface area contributed by atoms with Gasteiger partial charge in [-0.05, 0) is 60.9 Å². The van der Waals surface area contributed by atoms with Gasteiger partial charge in [0.15, 0.2) is 17.5 Å². The molecule has 2 heterocycles. The van der Waals surface area contributed by atoms with Gasteiger partial charge in [-0.1, -0.05) is 18.2 Å². The molecule has 1 aliphatic heterocycles. The average Bonchev–Trinajstić information content (AvgIpc) is 3.42. The fourth-order valence-corrected chi connectivity index (χ4v) is 6.54. The van der Waals surface area contributed by atoms with E-state index in [2.05, 4.69) is 15.7 Å². The molecule has 16 heteroatoms. The molecule has 2 saturated carbocycles. The summed E-state index contributed by atoms with van der Waals surface area (Å²) >= 11 is 0. The van der Waals surface area contributed by atoms with Crippen LogP contribution in [0.5, 0.6) is 11.5 Å². The summed E-state index contributed by atoms with van der Waals surface area (Å²) in [6.07, 6.45) is -5.84. The molecule has 1 aromatic heterocycles. The first kappa shape index (κ1) is 33.9. The number of nitrogens with zero attached hydrogens (tertiary/aromatic N) is 2. The van der Waals surface area contributed by atoms with Crippen molar-refractivity contribution in [3.8, 4) is 22.8 Å². The smallest absolute Gasteiger partial charge is 0.490 e. The van der Waals surface area contributed by atoms with Crippen LogP contribution in [0.2, 0.25) is 0 Å². The number of hydrogen-bond donors (Lipinski definition) is 4. The maximum atomic E-state index is 14.2. The molecule has 3 aliphatic rings. The summed E-state index contributed by atoms with van der Waals surface area (Å²) in [5.41, 5.74) is 8.39. The van der Waals surface area contributed by atoms with Crippen LogP contribution < -0.4 is 25.8 Å². The van der Waals surface area contributed by atoms with Gasteiger partial charge in [-0.25, -0.2) is 9.48 Å². The van der Waals surface area contributed by atoms with Crippen molar-refractivity contribution in [1.82, 2.24) is 15.1 Å². The van der Waals surface area contributed by atoms with E-state index in [1.165, 1.54) is 14.2 Å². The number of amides is 1. The molecule has 5 N–H and O–H groups in total. The van der Waals surface area contributed by atoms with Crippen molar-refractivity contribution in [1.29, 1.82) is 0 Å². The first-order valence-electron chi connectivity index (χ1n) is 14.6. The molecule has 0 bridgehead atoms. The Labute approximate surface area is 265 Å². The number of carbonyl (C=O) groups is 2. The van der Waals surface area contributed by atoms with E-state index < -0.39 is 30.4 Å². The van der Waals surface area contributed by atoms with Crippen molar-refractivity contribution in [2.45, 2.75) is 68.6 Å². The number of nitrogens with one attached hydrogen (secondary N) is 2. The molecule has 2 aliphatic carbocycles. The van der Waals surface area contributed by atoms with E-state index in [-0.39, 0.29) is 30.2 Å². The molecule has 1 spiro atoms. The lowest BCUT2D eigenvalue weighted by molar-refractivity contribution is -0.192. The van der Waals surface area contributed by atoms with Crippen molar-refractivity contribution in [2.24, 2.45) is 11.1 Å². The third-order valence-electron chi connectivity index (χ3n) is 8.77. The fourth-order valence-electron chi connectivity index (χ4n) is 6.54. The third kappa shape index (κ3) is 7.26. The highest BCUT2D eigenvalue weighted by Crippen LogP contribution is 2.55. The van der Waals surface area contributed by atoms with Gasteiger partial charge in [-0.3, -0.25) is 4.79 Å². The van der Waals surface area contributed by atoms with Crippen LogP contribution in [0, 0.1) is 5.41 Å². The summed E-state index contributed by atoms with van der Waals surface area (Å²) < 4.78 is 85.9. The first-order valence-corrected chi connectivity index (χ1v) is 14.6. The van der Waals surface area contributed by atoms with Crippen LogP contribution in [0.3, 0.4) is 0 Å². The van der Waals surface area contributed by atoms with Gasteiger partial charge in [-0.2, -0.15) is 31.4 Å². The van der Waals surface area contributed by atoms with Gasteiger partial charge in [0.05, 0.1) is 26.0 Å². The van der Waals surface area contributed by atoms with Gasteiger partial charge in [0.25, 0.3) is 5.91 Å².